The average Bonchev–Trinajstić information content (AvgIpc) is 3.29. The van der Waals surface area contributed by atoms with Crippen molar-refractivity contribution in [1.29, 1.82) is 0 Å². The predicted molar refractivity (Wildman–Crippen MR) is 253 cm³/mol. The number of halogens is 3. The summed E-state index contributed by atoms with van der Waals surface area (Å²) in [5.41, 5.74) is 3.95. The van der Waals surface area contributed by atoms with Crippen LogP contribution in [0.1, 0.15) is 111 Å². The van der Waals surface area contributed by atoms with E-state index < -0.39 is 17.6 Å². The van der Waals surface area contributed by atoms with Crippen molar-refractivity contribution in [3.8, 4) is 11.3 Å². The third kappa shape index (κ3) is 15.4. The molecule has 2 heterocycles. The highest BCUT2D eigenvalue weighted by atomic mass is 32.2. The van der Waals surface area contributed by atoms with Crippen LogP contribution in [0.3, 0.4) is 0 Å². The molecule has 1 aliphatic heterocycles. The van der Waals surface area contributed by atoms with E-state index in [2.05, 4.69) is 53.1 Å². The lowest BCUT2D eigenvalue weighted by Gasteiger charge is -2.29. The molecule has 1 aliphatic rings. The maximum absolute atomic E-state index is 13.9. The normalized spacial score (nSPS) is 13.8. The fourth-order valence-electron chi connectivity index (χ4n) is 7.47. The van der Waals surface area contributed by atoms with Gasteiger partial charge in [-0.25, -0.2) is 0 Å². The quantitative estimate of drug-likeness (QED) is 0.0803. The van der Waals surface area contributed by atoms with E-state index in [1.54, 1.807) is 30.0 Å². The Morgan fingerprint density at radius 2 is 1.59 bits per heavy atom. The first-order valence-electron chi connectivity index (χ1n) is 22.5. The van der Waals surface area contributed by atoms with Crippen LogP contribution in [0.5, 0.6) is 0 Å². The van der Waals surface area contributed by atoms with E-state index >= 15 is 0 Å². The Balaban J connectivity index is 1.19. The molecule has 0 radical (unpaired) electrons. The van der Waals surface area contributed by atoms with Crippen molar-refractivity contribution in [2.24, 2.45) is 0 Å². The molecule has 3 aromatic carbocycles. The highest BCUT2D eigenvalue weighted by Gasteiger charge is 2.30. The molecule has 1 fully saturated rings. The Morgan fingerprint density at radius 1 is 0.875 bits per heavy atom. The number of aromatic nitrogens is 1. The van der Waals surface area contributed by atoms with Gasteiger partial charge in [0.2, 0.25) is 5.91 Å². The van der Waals surface area contributed by atoms with Crippen LogP contribution in [-0.2, 0) is 28.0 Å². The van der Waals surface area contributed by atoms with E-state index in [9.17, 15) is 27.6 Å². The second kappa shape index (κ2) is 23.8. The fourth-order valence-corrected chi connectivity index (χ4v) is 8.44. The van der Waals surface area contributed by atoms with E-state index in [1.807, 2.05) is 55.3 Å². The van der Waals surface area contributed by atoms with E-state index in [0.717, 1.165) is 81.9 Å². The third-order valence-corrected chi connectivity index (χ3v) is 13.2. The average molecular weight is 903 g/mol. The number of ether oxygens (including phenoxy) is 1. The van der Waals surface area contributed by atoms with Crippen molar-refractivity contribution in [2.75, 3.05) is 63.1 Å². The number of anilines is 2. The first-order valence-corrected chi connectivity index (χ1v) is 23.5. The van der Waals surface area contributed by atoms with Crippen LogP contribution in [0, 0.1) is 0 Å². The molecule has 14 heteroatoms. The molecular formula is C50H65F3N6O4S. The van der Waals surface area contributed by atoms with Gasteiger partial charge in [0.1, 0.15) is 0 Å². The minimum atomic E-state index is -4.49. The summed E-state index contributed by atoms with van der Waals surface area (Å²) in [6, 6.07) is 21.5. The largest absolute Gasteiger partial charge is 0.416 e. The minimum Gasteiger partial charge on any atom is -0.378 e. The number of nitrogens with zero attached hydrogens (tertiary/aromatic N) is 4. The number of hydrogen-bond acceptors (Lipinski definition) is 8. The van der Waals surface area contributed by atoms with Crippen LogP contribution in [0.2, 0.25) is 0 Å². The van der Waals surface area contributed by atoms with Crippen LogP contribution in [0.4, 0.5) is 24.5 Å². The van der Waals surface area contributed by atoms with Crippen LogP contribution < -0.4 is 15.5 Å². The molecule has 64 heavy (non-hydrogen) atoms. The Bertz CT molecular complexity index is 2160. The van der Waals surface area contributed by atoms with E-state index in [0.29, 0.717) is 53.3 Å². The van der Waals surface area contributed by atoms with Gasteiger partial charge in [-0.05, 0) is 118 Å². The molecule has 0 aliphatic carbocycles. The minimum absolute atomic E-state index is 0.0250. The molecule has 3 amide bonds. The zero-order valence-corrected chi connectivity index (χ0v) is 39.0. The van der Waals surface area contributed by atoms with Gasteiger partial charge in [0.05, 0.1) is 23.0 Å². The van der Waals surface area contributed by atoms with E-state index in [-0.39, 0.29) is 34.8 Å². The molecule has 10 nitrogen and oxygen atoms in total. The Hall–Kier alpha value is -4.92. The summed E-state index contributed by atoms with van der Waals surface area (Å²) in [7, 11) is 1.87. The number of carbonyl (C=O) groups is 3. The summed E-state index contributed by atoms with van der Waals surface area (Å²) in [4.78, 5) is 51.0. The zero-order chi connectivity index (χ0) is 46.3. The zero-order valence-electron chi connectivity index (χ0n) is 38.2. The number of alkyl halides is 3. The number of rotatable bonds is 22. The first-order chi connectivity index (χ1) is 30.5. The molecule has 346 valence electrons. The SMILES string of the molecule is CCN(CC)CCN(C)C(=O)CCC(C)OCCC(C)(C)SCc1cccc(C(=O)Nc2ccc(N3CCCCC3)cc2-c2cc(C(=O)NCc3cccc(C(F)(F)F)c3)ccn2)c1. The predicted octanol–water partition coefficient (Wildman–Crippen LogP) is 10.3. The van der Waals surface area contributed by atoms with Gasteiger partial charge < -0.3 is 30.1 Å². The van der Waals surface area contributed by atoms with Crippen LogP contribution in [0.15, 0.2) is 85.1 Å². The number of benzene rings is 3. The lowest BCUT2D eigenvalue weighted by atomic mass is 10.0. The summed E-state index contributed by atoms with van der Waals surface area (Å²) < 4.78 is 45.9. The molecule has 0 saturated carbocycles. The van der Waals surface area contributed by atoms with Crippen LogP contribution >= 0.6 is 11.8 Å². The van der Waals surface area contributed by atoms with Gasteiger partial charge in [-0.3, -0.25) is 19.4 Å². The summed E-state index contributed by atoms with van der Waals surface area (Å²) >= 11 is 1.80. The maximum Gasteiger partial charge on any atom is 0.416 e. The highest BCUT2D eigenvalue weighted by molar-refractivity contribution is 7.99. The Labute approximate surface area is 381 Å². The third-order valence-electron chi connectivity index (χ3n) is 11.7. The number of hydrogen-bond donors (Lipinski definition) is 2. The summed E-state index contributed by atoms with van der Waals surface area (Å²) in [5, 5.41) is 5.84. The number of nitrogens with one attached hydrogen (secondary N) is 2. The van der Waals surface area contributed by atoms with Gasteiger partial charge in [-0.2, -0.15) is 24.9 Å². The Kier molecular flexibility index (Phi) is 18.7. The molecule has 5 rings (SSSR count). The molecule has 2 N–H and O–H groups in total. The van der Waals surface area contributed by atoms with E-state index in [4.69, 9.17) is 4.74 Å². The fraction of sp³-hybridized carbons (Fsp3) is 0.480. The summed E-state index contributed by atoms with van der Waals surface area (Å²) in [6.07, 6.45) is 2.28. The van der Waals surface area contributed by atoms with Crippen molar-refractivity contribution in [1.82, 2.24) is 20.1 Å². The molecule has 1 aromatic heterocycles. The Morgan fingerprint density at radius 3 is 2.33 bits per heavy atom. The molecular weight excluding hydrogens is 838 g/mol. The highest BCUT2D eigenvalue weighted by Crippen LogP contribution is 2.35. The number of carbonyl (C=O) groups excluding carboxylic acids is 3. The number of amides is 3. The van der Waals surface area contributed by atoms with Gasteiger partial charge in [0.15, 0.2) is 0 Å². The van der Waals surface area contributed by atoms with Crippen molar-refractivity contribution in [3.63, 3.8) is 0 Å². The van der Waals surface area contributed by atoms with Gasteiger partial charge in [-0.1, -0.05) is 52.0 Å². The topological polar surface area (TPSA) is 107 Å². The molecule has 0 spiro atoms. The van der Waals surface area contributed by atoms with Crippen molar-refractivity contribution in [3.05, 3.63) is 113 Å². The number of pyridine rings is 1. The van der Waals surface area contributed by atoms with Gasteiger partial charge in [0.25, 0.3) is 11.8 Å². The lowest BCUT2D eigenvalue weighted by molar-refractivity contribution is -0.137. The van der Waals surface area contributed by atoms with Crippen molar-refractivity contribution < 1.29 is 32.3 Å². The van der Waals surface area contributed by atoms with Gasteiger partial charge >= 0.3 is 6.18 Å². The number of thioether (sulfide) groups is 1. The molecule has 1 saturated heterocycles. The first kappa shape index (κ1) is 50.1. The summed E-state index contributed by atoms with van der Waals surface area (Å²) in [6.45, 7) is 16.5. The second-order valence-electron chi connectivity index (χ2n) is 17.1. The number of piperidine rings is 1. The molecule has 1 unspecified atom stereocenters. The van der Waals surface area contributed by atoms with E-state index in [1.165, 1.54) is 24.8 Å². The van der Waals surface area contributed by atoms with Gasteiger partial charge in [0, 0.05) is 91.9 Å². The summed E-state index contributed by atoms with van der Waals surface area (Å²) in [5.74, 6) is 0.0836. The van der Waals surface area contributed by atoms with Crippen LogP contribution in [0.25, 0.3) is 11.3 Å². The molecule has 1 atom stereocenters. The monoisotopic (exact) mass is 902 g/mol. The second-order valence-corrected chi connectivity index (χ2v) is 18.8. The molecule has 4 aromatic rings. The maximum atomic E-state index is 13.9. The smallest absolute Gasteiger partial charge is 0.378 e. The lowest BCUT2D eigenvalue weighted by Crippen LogP contribution is -2.36. The van der Waals surface area contributed by atoms with Crippen molar-refractivity contribution in [2.45, 2.75) is 102 Å². The van der Waals surface area contributed by atoms with Crippen LogP contribution in [-0.4, -0.2) is 96.3 Å². The standard InChI is InChI=1S/C50H65F3N6O4S/c1-7-58(8-2)28-27-57(6)46(60)21-18-36(3)63-29-23-49(4,5)64-35-38-15-12-16-39(30-38)48(62)56-44-20-19-42(59-25-10-9-11-26-59)33-43(44)45-32-40(22-24-54-45)47(61)55-34-37-14-13-17-41(31-37)50(51,52)53/h12-17,19-20,22,24,30-33,36H,7-11,18,21,23,25-29,34-35H2,1-6H3,(H,55,61)(H,56,62). The number of likely N-dealkylation sites (N-methyl/N-ethyl adjacent to an activating group) is 2. The van der Waals surface area contributed by atoms with Crippen molar-refractivity contribution >= 4 is 40.9 Å². The molecule has 0 bridgehead atoms. The van der Waals surface area contributed by atoms with Gasteiger partial charge in [-0.15, -0.1) is 0 Å².